The van der Waals surface area contributed by atoms with Crippen molar-refractivity contribution in [3.05, 3.63) is 102 Å². The highest BCUT2D eigenvalue weighted by atomic mass is 32.1. The van der Waals surface area contributed by atoms with Crippen LogP contribution in [0.3, 0.4) is 0 Å². The molecule has 0 aliphatic heterocycles. The predicted octanol–water partition coefficient (Wildman–Crippen LogP) is 5.59. The second-order valence-electron chi connectivity index (χ2n) is 6.90. The van der Waals surface area contributed by atoms with Crippen LogP contribution in [0.2, 0.25) is 0 Å². The minimum atomic E-state index is 0.189. The highest BCUT2D eigenvalue weighted by Crippen LogP contribution is 2.30. The summed E-state index contributed by atoms with van der Waals surface area (Å²) >= 11 is 5.56. The first kappa shape index (κ1) is 18.3. The Bertz CT molecular complexity index is 1090. The predicted molar refractivity (Wildman–Crippen MR) is 122 cm³/mol. The van der Waals surface area contributed by atoms with Crippen LogP contribution in [-0.2, 0) is 0 Å². The van der Waals surface area contributed by atoms with Gasteiger partial charge < -0.3 is 15.6 Å². The Labute approximate surface area is 170 Å². The van der Waals surface area contributed by atoms with Gasteiger partial charge in [-0.15, -0.1) is 0 Å². The quantitative estimate of drug-likeness (QED) is 0.392. The zero-order valence-electron chi connectivity index (χ0n) is 15.8. The summed E-state index contributed by atoms with van der Waals surface area (Å²) in [5.41, 5.74) is 5.89. The second kappa shape index (κ2) is 8.28. The van der Waals surface area contributed by atoms with E-state index in [4.69, 9.17) is 12.2 Å². The minimum Gasteiger partial charge on any atom is -0.361 e. The second-order valence-corrected chi connectivity index (χ2v) is 7.31. The molecule has 3 aromatic carbocycles. The number of anilines is 1. The number of fused-ring (bicyclic) bond motifs is 1. The molecule has 140 valence electrons. The number of hydrogen-bond donors (Lipinski definition) is 3. The summed E-state index contributed by atoms with van der Waals surface area (Å²) in [6, 6.07) is 27.1. The molecular weight excluding hydrogens is 362 g/mol. The molecule has 3 N–H and O–H groups in total. The maximum atomic E-state index is 5.56. The number of aryl methyl sites for hydroxylation is 1. The van der Waals surface area contributed by atoms with Crippen molar-refractivity contribution in [1.82, 2.24) is 10.3 Å². The molecule has 0 aliphatic rings. The van der Waals surface area contributed by atoms with Crippen molar-refractivity contribution in [2.45, 2.75) is 12.8 Å². The van der Waals surface area contributed by atoms with Crippen molar-refractivity contribution >= 4 is 33.9 Å². The third-order valence-electron chi connectivity index (χ3n) is 5.06. The van der Waals surface area contributed by atoms with Gasteiger partial charge in [-0.1, -0.05) is 66.7 Å². The number of thiocarbonyl (C=S) groups is 1. The van der Waals surface area contributed by atoms with Gasteiger partial charge in [0.1, 0.15) is 0 Å². The summed E-state index contributed by atoms with van der Waals surface area (Å²) in [6.07, 6.45) is 2.11. The highest BCUT2D eigenvalue weighted by molar-refractivity contribution is 7.80. The average Bonchev–Trinajstić information content (AvgIpc) is 3.15. The van der Waals surface area contributed by atoms with E-state index in [1.807, 2.05) is 24.3 Å². The maximum absolute atomic E-state index is 5.56. The van der Waals surface area contributed by atoms with E-state index in [2.05, 4.69) is 83.3 Å². The molecule has 0 amide bonds. The van der Waals surface area contributed by atoms with Crippen molar-refractivity contribution in [1.29, 1.82) is 0 Å². The fourth-order valence-corrected chi connectivity index (χ4v) is 3.74. The van der Waals surface area contributed by atoms with E-state index >= 15 is 0 Å². The van der Waals surface area contributed by atoms with Crippen LogP contribution in [0.5, 0.6) is 0 Å². The van der Waals surface area contributed by atoms with Crippen molar-refractivity contribution in [3.8, 4) is 0 Å². The lowest BCUT2D eigenvalue weighted by molar-refractivity contribution is 0.766. The molecule has 0 spiro atoms. The van der Waals surface area contributed by atoms with E-state index in [0.717, 1.165) is 11.2 Å². The number of hydrogen-bond acceptors (Lipinski definition) is 1. The Hall–Kier alpha value is -3.11. The molecule has 1 atom stereocenters. The lowest BCUT2D eigenvalue weighted by Gasteiger charge is -2.20. The first-order chi connectivity index (χ1) is 13.7. The number of aromatic nitrogens is 1. The van der Waals surface area contributed by atoms with Gasteiger partial charge >= 0.3 is 0 Å². The van der Waals surface area contributed by atoms with Gasteiger partial charge in [0.2, 0.25) is 0 Å². The van der Waals surface area contributed by atoms with E-state index in [1.54, 1.807) is 0 Å². The molecular formula is C24H23N3S. The summed E-state index contributed by atoms with van der Waals surface area (Å²) in [5, 5.41) is 8.61. The number of para-hydroxylation sites is 2. The van der Waals surface area contributed by atoms with Gasteiger partial charge in [0.05, 0.1) is 0 Å². The standard InChI is InChI=1S/C24H23N3S/c1-17-9-5-7-13-22(17)27-24(28)26-15-20(18-10-3-2-4-11-18)21-16-25-23-14-8-6-12-19(21)23/h2-14,16,20,25H,15H2,1H3,(H2,26,27,28)/t20-/m1/s1. The molecule has 1 aromatic heterocycles. The number of H-pyrrole nitrogens is 1. The summed E-state index contributed by atoms with van der Waals surface area (Å²) < 4.78 is 0. The van der Waals surface area contributed by atoms with Crippen LogP contribution in [0.1, 0.15) is 22.6 Å². The summed E-state index contributed by atoms with van der Waals surface area (Å²) in [5.74, 6) is 0.189. The van der Waals surface area contributed by atoms with Crippen LogP contribution >= 0.6 is 12.2 Å². The molecule has 0 saturated carbocycles. The molecule has 0 unspecified atom stereocenters. The van der Waals surface area contributed by atoms with Crippen LogP contribution in [0.25, 0.3) is 10.9 Å². The smallest absolute Gasteiger partial charge is 0.170 e. The zero-order valence-corrected chi connectivity index (χ0v) is 16.6. The Balaban J connectivity index is 1.57. The number of aromatic amines is 1. The van der Waals surface area contributed by atoms with Gasteiger partial charge in [0.15, 0.2) is 5.11 Å². The Morgan fingerprint density at radius 1 is 0.929 bits per heavy atom. The lowest BCUT2D eigenvalue weighted by atomic mass is 9.91. The molecule has 0 radical (unpaired) electrons. The van der Waals surface area contributed by atoms with E-state index in [-0.39, 0.29) is 5.92 Å². The van der Waals surface area contributed by atoms with E-state index in [1.165, 1.54) is 22.1 Å². The first-order valence-electron chi connectivity index (χ1n) is 9.44. The van der Waals surface area contributed by atoms with Crippen LogP contribution in [-0.4, -0.2) is 16.6 Å². The highest BCUT2D eigenvalue weighted by Gasteiger charge is 2.18. The van der Waals surface area contributed by atoms with Crippen molar-refractivity contribution < 1.29 is 0 Å². The average molecular weight is 386 g/mol. The maximum Gasteiger partial charge on any atom is 0.170 e. The van der Waals surface area contributed by atoms with Gasteiger partial charge in [-0.05, 0) is 48.0 Å². The molecule has 4 heteroatoms. The third-order valence-corrected chi connectivity index (χ3v) is 5.31. The molecule has 0 aliphatic carbocycles. The monoisotopic (exact) mass is 385 g/mol. The molecule has 4 rings (SSSR count). The zero-order chi connectivity index (χ0) is 19.3. The van der Waals surface area contributed by atoms with Crippen molar-refractivity contribution in [2.75, 3.05) is 11.9 Å². The molecule has 0 saturated heterocycles. The van der Waals surface area contributed by atoms with Crippen molar-refractivity contribution in [2.24, 2.45) is 0 Å². The Morgan fingerprint density at radius 2 is 1.64 bits per heavy atom. The number of benzene rings is 3. The summed E-state index contributed by atoms with van der Waals surface area (Å²) in [4.78, 5) is 3.40. The number of nitrogens with one attached hydrogen (secondary N) is 3. The van der Waals surface area contributed by atoms with Gasteiger partial charge in [-0.25, -0.2) is 0 Å². The van der Waals surface area contributed by atoms with Crippen LogP contribution in [0.4, 0.5) is 5.69 Å². The van der Waals surface area contributed by atoms with Gasteiger partial charge in [-0.3, -0.25) is 0 Å². The van der Waals surface area contributed by atoms with E-state index < -0.39 is 0 Å². The van der Waals surface area contributed by atoms with Gasteiger partial charge in [-0.2, -0.15) is 0 Å². The van der Waals surface area contributed by atoms with Crippen LogP contribution in [0, 0.1) is 6.92 Å². The minimum absolute atomic E-state index is 0.189. The molecule has 28 heavy (non-hydrogen) atoms. The lowest BCUT2D eigenvalue weighted by Crippen LogP contribution is -2.32. The molecule has 1 heterocycles. The fraction of sp³-hybridized carbons (Fsp3) is 0.125. The molecule has 0 bridgehead atoms. The SMILES string of the molecule is Cc1ccccc1NC(=S)NC[C@H](c1ccccc1)c1c[nH]c2ccccc12. The van der Waals surface area contributed by atoms with Gasteiger partial charge in [0, 0.05) is 35.2 Å². The first-order valence-corrected chi connectivity index (χ1v) is 9.84. The van der Waals surface area contributed by atoms with Gasteiger partial charge in [0.25, 0.3) is 0 Å². The molecule has 4 aromatic rings. The third kappa shape index (κ3) is 3.92. The van der Waals surface area contributed by atoms with Crippen molar-refractivity contribution in [3.63, 3.8) is 0 Å². The van der Waals surface area contributed by atoms with E-state index in [9.17, 15) is 0 Å². The van der Waals surface area contributed by atoms with Crippen LogP contribution < -0.4 is 10.6 Å². The fourth-order valence-electron chi connectivity index (χ4n) is 3.55. The van der Waals surface area contributed by atoms with E-state index in [0.29, 0.717) is 11.7 Å². The summed E-state index contributed by atoms with van der Waals surface area (Å²) in [6.45, 7) is 2.78. The molecule has 3 nitrogen and oxygen atoms in total. The normalized spacial score (nSPS) is 11.9. The largest absolute Gasteiger partial charge is 0.361 e. The summed E-state index contributed by atoms with van der Waals surface area (Å²) in [7, 11) is 0. The van der Waals surface area contributed by atoms with Crippen LogP contribution in [0.15, 0.2) is 85.1 Å². The Kier molecular flexibility index (Phi) is 5.40. The topological polar surface area (TPSA) is 39.8 Å². The molecule has 0 fully saturated rings. The number of rotatable bonds is 5. The Morgan fingerprint density at radius 3 is 2.46 bits per heavy atom.